The quantitative estimate of drug-likeness (QED) is 0.537. The number of aryl methyl sites for hydroxylation is 1. The molecule has 146 valence electrons. The minimum Gasteiger partial charge on any atom is -0.335 e. The normalized spacial score (nSPS) is 11.0. The van der Waals surface area contributed by atoms with E-state index in [2.05, 4.69) is 15.5 Å². The summed E-state index contributed by atoms with van der Waals surface area (Å²) in [7, 11) is 0. The highest BCUT2D eigenvalue weighted by atomic mass is 35.5. The number of nitrogens with one attached hydrogen (secondary N) is 1. The zero-order chi connectivity index (χ0) is 20.4. The van der Waals surface area contributed by atoms with Gasteiger partial charge in [-0.2, -0.15) is 0 Å². The molecule has 0 saturated carbocycles. The van der Waals surface area contributed by atoms with Gasteiger partial charge >= 0.3 is 0 Å². The predicted molar refractivity (Wildman–Crippen MR) is 106 cm³/mol. The number of carbonyl (C=O) groups is 1. The minimum atomic E-state index is -0.402. The number of hydrogen-bond donors (Lipinski definition) is 1. The lowest BCUT2D eigenvalue weighted by molar-refractivity contribution is -0.116. The van der Waals surface area contributed by atoms with Crippen LogP contribution >= 0.6 is 11.6 Å². The van der Waals surface area contributed by atoms with Crippen LogP contribution in [-0.4, -0.2) is 20.6 Å². The van der Waals surface area contributed by atoms with Crippen LogP contribution in [0, 0.1) is 5.82 Å². The summed E-state index contributed by atoms with van der Waals surface area (Å²) >= 11 is 6.03. The molecular weight excluding hydrogens is 399 g/mol. The van der Waals surface area contributed by atoms with E-state index in [1.807, 2.05) is 0 Å². The van der Waals surface area contributed by atoms with Crippen molar-refractivity contribution >= 4 is 34.3 Å². The van der Waals surface area contributed by atoms with Crippen molar-refractivity contribution in [3.05, 3.63) is 76.1 Å². The topological polar surface area (TPSA) is 90.0 Å². The van der Waals surface area contributed by atoms with Gasteiger partial charge in [0.25, 0.3) is 11.3 Å². The van der Waals surface area contributed by atoms with E-state index in [9.17, 15) is 14.0 Å². The van der Waals surface area contributed by atoms with Gasteiger partial charge in [0.2, 0.25) is 5.91 Å². The molecule has 1 N–H and O–H groups in total. The molecule has 9 heteroatoms. The van der Waals surface area contributed by atoms with Gasteiger partial charge in [0.1, 0.15) is 23.2 Å². The molecule has 2 heterocycles. The maximum absolute atomic E-state index is 13.2. The third-order valence-electron chi connectivity index (χ3n) is 4.31. The number of carbonyl (C=O) groups excluding carboxylic acids is 1. The molecule has 29 heavy (non-hydrogen) atoms. The Bertz CT molecular complexity index is 1250. The Morgan fingerprint density at radius 3 is 2.69 bits per heavy atom. The zero-order valence-electron chi connectivity index (χ0n) is 14.9. The van der Waals surface area contributed by atoms with E-state index in [4.69, 9.17) is 16.1 Å². The third-order valence-corrected chi connectivity index (χ3v) is 4.64. The second-order valence-electron chi connectivity index (χ2n) is 6.24. The Morgan fingerprint density at radius 2 is 1.93 bits per heavy atom. The molecule has 0 aliphatic heterocycles. The van der Waals surface area contributed by atoms with Crippen LogP contribution in [0.1, 0.15) is 6.42 Å². The summed E-state index contributed by atoms with van der Waals surface area (Å²) in [4.78, 5) is 29.2. The summed E-state index contributed by atoms with van der Waals surface area (Å²) in [5.74, 6) is -0.698. The van der Waals surface area contributed by atoms with Crippen molar-refractivity contribution in [3.8, 4) is 11.3 Å². The number of anilines is 1. The zero-order valence-corrected chi connectivity index (χ0v) is 15.7. The molecule has 7 nitrogen and oxygen atoms in total. The molecule has 0 aliphatic rings. The molecule has 2 aromatic carbocycles. The van der Waals surface area contributed by atoms with Crippen LogP contribution in [0.4, 0.5) is 10.1 Å². The summed E-state index contributed by atoms with van der Waals surface area (Å²) in [5, 5.41) is 7.19. The van der Waals surface area contributed by atoms with Crippen LogP contribution < -0.4 is 10.9 Å². The number of rotatable bonds is 5. The summed E-state index contributed by atoms with van der Waals surface area (Å²) < 4.78 is 19.6. The van der Waals surface area contributed by atoms with Gasteiger partial charge in [-0.3, -0.25) is 14.2 Å². The lowest BCUT2D eigenvalue weighted by Crippen LogP contribution is -2.23. The SMILES string of the molecule is O=C(CCn1cnc2onc(-c3ccc(F)cc3)c2c1=O)Nc1ccccc1Cl. The van der Waals surface area contributed by atoms with Crippen LogP contribution in [0.2, 0.25) is 5.02 Å². The van der Waals surface area contributed by atoms with E-state index >= 15 is 0 Å². The van der Waals surface area contributed by atoms with Crippen molar-refractivity contribution < 1.29 is 13.7 Å². The van der Waals surface area contributed by atoms with Gasteiger partial charge in [0, 0.05) is 18.5 Å². The van der Waals surface area contributed by atoms with Crippen molar-refractivity contribution in [1.29, 1.82) is 0 Å². The molecule has 0 unspecified atom stereocenters. The molecule has 0 fully saturated rings. The Balaban J connectivity index is 1.57. The van der Waals surface area contributed by atoms with Gasteiger partial charge < -0.3 is 9.84 Å². The lowest BCUT2D eigenvalue weighted by Gasteiger charge is -2.08. The van der Waals surface area contributed by atoms with Gasteiger partial charge in [0.15, 0.2) is 0 Å². The first-order valence-corrected chi connectivity index (χ1v) is 9.06. The lowest BCUT2D eigenvalue weighted by atomic mass is 10.1. The number of para-hydroxylation sites is 1. The minimum absolute atomic E-state index is 0.0372. The summed E-state index contributed by atoms with van der Waals surface area (Å²) in [5.41, 5.74) is 0.968. The first kappa shape index (κ1) is 18.8. The highest BCUT2D eigenvalue weighted by molar-refractivity contribution is 6.33. The fourth-order valence-electron chi connectivity index (χ4n) is 2.84. The second-order valence-corrected chi connectivity index (χ2v) is 6.65. The van der Waals surface area contributed by atoms with E-state index in [1.165, 1.54) is 35.2 Å². The number of aromatic nitrogens is 3. The van der Waals surface area contributed by atoms with Crippen LogP contribution in [0.3, 0.4) is 0 Å². The third kappa shape index (κ3) is 3.88. The monoisotopic (exact) mass is 412 g/mol. The molecule has 0 bridgehead atoms. The Hall–Kier alpha value is -3.52. The molecule has 4 rings (SSSR count). The van der Waals surface area contributed by atoms with Crippen molar-refractivity contribution in [2.75, 3.05) is 5.32 Å². The average molecular weight is 413 g/mol. The van der Waals surface area contributed by atoms with Gasteiger partial charge in [-0.05, 0) is 36.4 Å². The van der Waals surface area contributed by atoms with Crippen LogP contribution in [0.15, 0.2) is 64.2 Å². The predicted octanol–water partition coefficient (Wildman–Crippen LogP) is 3.87. The summed E-state index contributed by atoms with van der Waals surface area (Å²) in [6.07, 6.45) is 1.34. The average Bonchev–Trinajstić information content (AvgIpc) is 3.15. The fraction of sp³-hybridized carbons (Fsp3) is 0.100. The molecule has 1 amide bonds. The van der Waals surface area contributed by atoms with Crippen LogP contribution in [0.25, 0.3) is 22.4 Å². The smallest absolute Gasteiger partial charge is 0.266 e. The standard InChI is InChI=1S/C20H14ClFN4O3/c21-14-3-1-2-4-15(14)24-16(27)9-10-26-11-23-19-17(20(26)28)18(25-29-19)12-5-7-13(22)8-6-12/h1-8,11H,9-10H2,(H,24,27). The molecule has 0 spiro atoms. The number of fused-ring (bicyclic) bond motifs is 1. The summed E-state index contributed by atoms with van der Waals surface area (Å²) in [6.45, 7) is 0.103. The Labute approximate surface area is 168 Å². The van der Waals surface area contributed by atoms with Crippen LogP contribution in [0.5, 0.6) is 0 Å². The highest BCUT2D eigenvalue weighted by Crippen LogP contribution is 2.24. The van der Waals surface area contributed by atoms with Crippen LogP contribution in [-0.2, 0) is 11.3 Å². The first-order valence-electron chi connectivity index (χ1n) is 8.68. The molecule has 0 aliphatic carbocycles. The maximum Gasteiger partial charge on any atom is 0.266 e. The van der Waals surface area contributed by atoms with Gasteiger partial charge in [-0.1, -0.05) is 28.9 Å². The van der Waals surface area contributed by atoms with E-state index in [1.54, 1.807) is 24.3 Å². The van der Waals surface area contributed by atoms with E-state index in [0.29, 0.717) is 16.3 Å². The molecule has 2 aromatic heterocycles. The maximum atomic E-state index is 13.2. The van der Waals surface area contributed by atoms with Gasteiger partial charge in [0.05, 0.1) is 10.7 Å². The summed E-state index contributed by atoms with van der Waals surface area (Å²) in [6, 6.07) is 12.4. The first-order chi connectivity index (χ1) is 14.0. The fourth-order valence-corrected chi connectivity index (χ4v) is 3.02. The number of amides is 1. The van der Waals surface area contributed by atoms with Crippen molar-refractivity contribution in [3.63, 3.8) is 0 Å². The molecule has 4 aromatic rings. The van der Waals surface area contributed by atoms with Crippen molar-refractivity contribution in [1.82, 2.24) is 14.7 Å². The van der Waals surface area contributed by atoms with E-state index in [0.717, 1.165) is 0 Å². The Kier molecular flexibility index (Phi) is 5.09. The molecule has 0 saturated heterocycles. The van der Waals surface area contributed by atoms with Crippen molar-refractivity contribution in [2.45, 2.75) is 13.0 Å². The number of benzene rings is 2. The number of hydrogen-bond acceptors (Lipinski definition) is 5. The number of halogens is 2. The Morgan fingerprint density at radius 1 is 1.17 bits per heavy atom. The highest BCUT2D eigenvalue weighted by Gasteiger charge is 2.17. The second kappa shape index (κ2) is 7.84. The largest absolute Gasteiger partial charge is 0.335 e. The molecule has 0 atom stereocenters. The van der Waals surface area contributed by atoms with E-state index < -0.39 is 11.4 Å². The van der Waals surface area contributed by atoms with Gasteiger partial charge in [-0.15, -0.1) is 0 Å². The van der Waals surface area contributed by atoms with E-state index in [-0.39, 0.29) is 35.7 Å². The van der Waals surface area contributed by atoms with Crippen molar-refractivity contribution in [2.24, 2.45) is 0 Å². The van der Waals surface area contributed by atoms with Gasteiger partial charge in [-0.25, -0.2) is 9.37 Å². The molecule has 0 radical (unpaired) electrons. The number of nitrogens with zero attached hydrogens (tertiary/aromatic N) is 3. The molecular formula is C20H14ClFN4O3.